The van der Waals surface area contributed by atoms with Gasteiger partial charge < -0.3 is 10.5 Å². The van der Waals surface area contributed by atoms with E-state index in [0.29, 0.717) is 18.6 Å². The molecule has 0 aromatic heterocycles. The Morgan fingerprint density at radius 3 is 2.65 bits per heavy atom. The van der Waals surface area contributed by atoms with Crippen molar-refractivity contribution in [3.8, 4) is 0 Å². The van der Waals surface area contributed by atoms with Crippen LogP contribution in [-0.2, 0) is 14.8 Å². The van der Waals surface area contributed by atoms with Gasteiger partial charge >= 0.3 is 0 Å². The molecule has 0 spiro atoms. The number of nitrogen functional groups attached to an aromatic ring is 1. The van der Waals surface area contributed by atoms with Crippen LogP contribution in [0.4, 0.5) is 10.1 Å². The van der Waals surface area contributed by atoms with Gasteiger partial charge in [-0.2, -0.15) is 4.31 Å². The lowest BCUT2D eigenvalue weighted by Gasteiger charge is -2.26. The van der Waals surface area contributed by atoms with Gasteiger partial charge in [-0.3, -0.25) is 0 Å². The summed E-state index contributed by atoms with van der Waals surface area (Å²) in [4.78, 5) is -0.387. The lowest BCUT2D eigenvalue weighted by atomic mass is 10.2. The summed E-state index contributed by atoms with van der Waals surface area (Å²) in [7, 11) is -2.48. The van der Waals surface area contributed by atoms with Crippen molar-refractivity contribution in [2.24, 2.45) is 0 Å². The van der Waals surface area contributed by atoms with Crippen LogP contribution in [0.1, 0.15) is 18.9 Å². The molecule has 0 amide bonds. The van der Waals surface area contributed by atoms with Crippen molar-refractivity contribution in [2.45, 2.75) is 37.3 Å². The lowest BCUT2D eigenvalue weighted by Crippen LogP contribution is -2.41. The number of hydrogen-bond acceptors (Lipinski definition) is 4. The van der Waals surface area contributed by atoms with Gasteiger partial charge in [0, 0.05) is 19.3 Å². The normalized spacial score (nSPS) is 23.4. The fraction of sp³-hybridized carbons (Fsp3) is 0.538. The highest BCUT2D eigenvalue weighted by Gasteiger charge is 2.36. The molecule has 1 saturated heterocycles. The van der Waals surface area contributed by atoms with Crippen molar-refractivity contribution in [2.75, 3.05) is 19.4 Å². The number of halogens is 1. The first-order valence-electron chi connectivity index (χ1n) is 6.40. The van der Waals surface area contributed by atoms with Crippen LogP contribution in [-0.4, -0.2) is 38.5 Å². The lowest BCUT2D eigenvalue weighted by molar-refractivity contribution is 0.102. The minimum Gasteiger partial charge on any atom is -0.398 e. The molecule has 2 atom stereocenters. The minimum absolute atomic E-state index is 0.208. The maximum Gasteiger partial charge on any atom is 0.246 e. The van der Waals surface area contributed by atoms with Crippen LogP contribution in [0.5, 0.6) is 0 Å². The largest absolute Gasteiger partial charge is 0.398 e. The molecular formula is C13H19FN2O3S. The molecule has 0 saturated carbocycles. The molecule has 0 aliphatic carbocycles. The van der Waals surface area contributed by atoms with Gasteiger partial charge in [0.25, 0.3) is 0 Å². The van der Waals surface area contributed by atoms with Gasteiger partial charge in [-0.05, 0) is 38.0 Å². The van der Waals surface area contributed by atoms with Crippen LogP contribution >= 0.6 is 0 Å². The second-order valence-electron chi connectivity index (χ2n) is 5.09. The number of nitrogens with zero attached hydrogens (tertiary/aromatic N) is 1. The molecular weight excluding hydrogens is 283 g/mol. The number of nitrogens with two attached hydrogens (primary N) is 1. The summed E-state index contributed by atoms with van der Waals surface area (Å²) in [5, 5.41) is 0. The van der Waals surface area contributed by atoms with E-state index in [0.717, 1.165) is 6.07 Å². The zero-order valence-electron chi connectivity index (χ0n) is 11.8. The summed E-state index contributed by atoms with van der Waals surface area (Å²) in [6, 6.07) is 2.03. The van der Waals surface area contributed by atoms with E-state index in [-0.39, 0.29) is 22.7 Å². The third-order valence-corrected chi connectivity index (χ3v) is 5.68. The third kappa shape index (κ3) is 2.53. The van der Waals surface area contributed by atoms with E-state index in [1.807, 2.05) is 6.92 Å². The first-order chi connectivity index (χ1) is 9.25. The summed E-state index contributed by atoms with van der Waals surface area (Å²) in [5.41, 5.74) is 6.47. The monoisotopic (exact) mass is 302 g/mol. The molecule has 112 valence electrons. The highest BCUT2D eigenvalue weighted by molar-refractivity contribution is 7.89. The van der Waals surface area contributed by atoms with E-state index < -0.39 is 15.8 Å². The van der Waals surface area contributed by atoms with E-state index in [4.69, 9.17) is 10.5 Å². The predicted octanol–water partition coefficient (Wildman–Crippen LogP) is 1.51. The van der Waals surface area contributed by atoms with Crippen LogP contribution in [0, 0.1) is 12.7 Å². The van der Waals surface area contributed by atoms with Crippen molar-refractivity contribution in [3.05, 3.63) is 23.5 Å². The zero-order valence-corrected chi connectivity index (χ0v) is 12.6. The maximum absolute atomic E-state index is 14.0. The molecule has 1 heterocycles. The van der Waals surface area contributed by atoms with Crippen molar-refractivity contribution in [1.82, 2.24) is 4.31 Å². The molecule has 1 aromatic carbocycles. The molecule has 1 aliphatic heterocycles. The Bertz CT molecular complexity index is 618. The average Bonchev–Trinajstić information content (AvgIpc) is 2.78. The van der Waals surface area contributed by atoms with Crippen LogP contribution in [0.15, 0.2) is 17.0 Å². The standard InChI is InChI=1S/C13H19FN2O3S/c1-8-6-10(14)13(7-11(8)15)20(17,18)16(3)12-4-5-19-9(12)2/h6-7,9,12H,4-5,15H2,1-3H3. The third-order valence-electron chi connectivity index (χ3n) is 3.78. The van der Waals surface area contributed by atoms with E-state index in [9.17, 15) is 12.8 Å². The highest BCUT2D eigenvalue weighted by atomic mass is 32.2. The van der Waals surface area contributed by atoms with Gasteiger partial charge in [0.15, 0.2) is 0 Å². The highest BCUT2D eigenvalue weighted by Crippen LogP contribution is 2.28. The second kappa shape index (κ2) is 5.31. The smallest absolute Gasteiger partial charge is 0.246 e. The van der Waals surface area contributed by atoms with Gasteiger partial charge in [-0.15, -0.1) is 0 Å². The van der Waals surface area contributed by atoms with Crippen LogP contribution in [0.3, 0.4) is 0 Å². The zero-order chi connectivity index (χ0) is 15.1. The molecule has 2 N–H and O–H groups in total. The summed E-state index contributed by atoms with van der Waals surface area (Å²) < 4.78 is 45.6. The fourth-order valence-corrected chi connectivity index (χ4v) is 3.92. The number of aryl methyl sites for hydroxylation is 1. The molecule has 20 heavy (non-hydrogen) atoms. The van der Waals surface area contributed by atoms with E-state index in [1.54, 1.807) is 6.92 Å². The van der Waals surface area contributed by atoms with Crippen LogP contribution in [0.2, 0.25) is 0 Å². The molecule has 2 rings (SSSR count). The number of benzene rings is 1. The SMILES string of the molecule is Cc1cc(F)c(S(=O)(=O)N(C)C2CCOC2C)cc1N. The Hall–Kier alpha value is -1.18. The topological polar surface area (TPSA) is 72.6 Å². The summed E-state index contributed by atoms with van der Waals surface area (Å²) in [5.74, 6) is -0.782. The summed E-state index contributed by atoms with van der Waals surface area (Å²) in [6.45, 7) is 3.94. The first kappa shape index (κ1) is 15.2. The summed E-state index contributed by atoms with van der Waals surface area (Å²) >= 11 is 0. The molecule has 1 aliphatic rings. The van der Waals surface area contributed by atoms with Crippen molar-refractivity contribution < 1.29 is 17.5 Å². The number of sulfonamides is 1. The van der Waals surface area contributed by atoms with Crippen molar-refractivity contribution >= 4 is 15.7 Å². The molecule has 0 radical (unpaired) electrons. The van der Waals surface area contributed by atoms with Gasteiger partial charge in [0.1, 0.15) is 10.7 Å². The Kier molecular flexibility index (Phi) is 4.04. The van der Waals surface area contributed by atoms with Crippen LogP contribution < -0.4 is 5.73 Å². The van der Waals surface area contributed by atoms with E-state index >= 15 is 0 Å². The van der Waals surface area contributed by atoms with Gasteiger partial charge in [-0.25, -0.2) is 12.8 Å². The fourth-order valence-electron chi connectivity index (χ4n) is 2.40. The number of ether oxygens (including phenoxy) is 1. The van der Waals surface area contributed by atoms with E-state index in [1.165, 1.54) is 17.4 Å². The Morgan fingerprint density at radius 2 is 2.10 bits per heavy atom. The van der Waals surface area contributed by atoms with E-state index in [2.05, 4.69) is 0 Å². The number of rotatable bonds is 3. The van der Waals surface area contributed by atoms with Crippen molar-refractivity contribution in [3.63, 3.8) is 0 Å². The molecule has 5 nitrogen and oxygen atoms in total. The van der Waals surface area contributed by atoms with Gasteiger partial charge in [0.2, 0.25) is 10.0 Å². The molecule has 7 heteroatoms. The molecule has 0 bridgehead atoms. The minimum atomic E-state index is -3.93. The summed E-state index contributed by atoms with van der Waals surface area (Å²) in [6.07, 6.45) is 0.389. The second-order valence-corrected chi connectivity index (χ2v) is 7.06. The quantitative estimate of drug-likeness (QED) is 0.859. The number of hydrogen-bond donors (Lipinski definition) is 1. The molecule has 1 fully saturated rings. The predicted molar refractivity (Wildman–Crippen MR) is 74.3 cm³/mol. The first-order valence-corrected chi connectivity index (χ1v) is 7.84. The van der Waals surface area contributed by atoms with Gasteiger partial charge in [0.05, 0.1) is 12.1 Å². The van der Waals surface area contributed by atoms with Crippen molar-refractivity contribution in [1.29, 1.82) is 0 Å². The Balaban J connectivity index is 2.42. The average molecular weight is 302 g/mol. The Labute approximate surface area is 118 Å². The maximum atomic E-state index is 14.0. The number of anilines is 1. The molecule has 2 unspecified atom stereocenters. The molecule has 1 aromatic rings. The van der Waals surface area contributed by atoms with Crippen LogP contribution in [0.25, 0.3) is 0 Å². The Morgan fingerprint density at radius 1 is 1.45 bits per heavy atom. The number of likely N-dealkylation sites (N-methyl/N-ethyl adjacent to an activating group) is 1. The van der Waals surface area contributed by atoms with Gasteiger partial charge in [-0.1, -0.05) is 0 Å².